The summed E-state index contributed by atoms with van der Waals surface area (Å²) in [4.78, 5) is 12.9. The number of hydrazine groups is 1. The van der Waals surface area contributed by atoms with Crippen LogP contribution in [0, 0.1) is 25.2 Å². The first-order valence-electron chi connectivity index (χ1n) is 10.5. The van der Waals surface area contributed by atoms with Crippen LogP contribution in [0.3, 0.4) is 0 Å². The molecule has 8 heteroatoms. The molecule has 0 atom stereocenters. The van der Waals surface area contributed by atoms with Gasteiger partial charge < -0.3 is 11.1 Å². The first-order chi connectivity index (χ1) is 15.5. The van der Waals surface area contributed by atoms with E-state index in [1.807, 2.05) is 59.0 Å². The monoisotopic (exact) mass is 443 g/mol. The van der Waals surface area contributed by atoms with E-state index < -0.39 is 5.41 Å². The summed E-state index contributed by atoms with van der Waals surface area (Å²) in [6, 6.07) is 14.9. The van der Waals surface area contributed by atoms with Gasteiger partial charge in [0.25, 0.3) is 5.91 Å². The second-order valence-corrected chi connectivity index (χ2v) is 8.53. The van der Waals surface area contributed by atoms with Crippen molar-refractivity contribution in [1.82, 2.24) is 9.78 Å². The normalized spacial score (nSPS) is 11.7. The van der Waals surface area contributed by atoms with Gasteiger partial charge >= 0.3 is 0 Å². The molecule has 8 nitrogen and oxygen atoms in total. The van der Waals surface area contributed by atoms with Gasteiger partial charge in [-0.15, -0.1) is 0 Å². The van der Waals surface area contributed by atoms with Crippen LogP contribution in [0.5, 0.6) is 0 Å². The number of aromatic nitrogens is 2. The lowest BCUT2D eigenvalue weighted by Gasteiger charge is -2.19. The van der Waals surface area contributed by atoms with E-state index in [0.29, 0.717) is 22.6 Å². The Balaban J connectivity index is 1.85. The number of carbonyl (C=O) groups excluding carboxylic acids is 1. The van der Waals surface area contributed by atoms with Crippen LogP contribution in [0.1, 0.15) is 46.6 Å². The number of hydrogen-bond acceptors (Lipinski definition) is 6. The zero-order valence-electron chi connectivity index (χ0n) is 19.5. The second kappa shape index (κ2) is 9.18. The van der Waals surface area contributed by atoms with Gasteiger partial charge in [-0.25, -0.2) is 5.84 Å². The summed E-state index contributed by atoms with van der Waals surface area (Å²) in [6.07, 6.45) is 3.30. The number of hydrogen-bond donors (Lipinski definition) is 3. The summed E-state index contributed by atoms with van der Waals surface area (Å²) < 4.78 is 1.74. The van der Waals surface area contributed by atoms with Crippen LogP contribution in [0.25, 0.3) is 5.70 Å². The number of nitriles is 1. The number of nitrogens with zero attached hydrogens (tertiary/aromatic N) is 4. The van der Waals surface area contributed by atoms with Gasteiger partial charge in [-0.2, -0.15) is 10.4 Å². The molecule has 2 aromatic carbocycles. The highest BCUT2D eigenvalue weighted by atomic mass is 16.1. The van der Waals surface area contributed by atoms with Gasteiger partial charge in [0, 0.05) is 35.8 Å². The molecule has 3 aromatic rings. The minimum absolute atomic E-state index is 0.281. The van der Waals surface area contributed by atoms with Crippen molar-refractivity contribution in [3.63, 3.8) is 0 Å². The third-order valence-corrected chi connectivity index (χ3v) is 5.70. The van der Waals surface area contributed by atoms with Crippen molar-refractivity contribution in [1.29, 1.82) is 5.26 Å². The van der Waals surface area contributed by atoms with Crippen molar-refractivity contribution < 1.29 is 4.79 Å². The summed E-state index contributed by atoms with van der Waals surface area (Å²) in [5, 5.41) is 17.9. The number of rotatable bonds is 6. The van der Waals surface area contributed by atoms with Gasteiger partial charge in [0.15, 0.2) is 0 Å². The first-order valence-corrected chi connectivity index (χ1v) is 10.5. The Kier molecular flexibility index (Phi) is 6.56. The van der Waals surface area contributed by atoms with Crippen molar-refractivity contribution in [2.75, 3.05) is 10.3 Å². The second-order valence-electron chi connectivity index (χ2n) is 8.53. The summed E-state index contributed by atoms with van der Waals surface area (Å²) in [6.45, 7) is 7.50. The van der Waals surface area contributed by atoms with Crippen molar-refractivity contribution in [3.05, 3.63) is 82.8 Å². The quantitative estimate of drug-likeness (QED) is 0.394. The minimum Gasteiger partial charge on any atom is -0.397 e. The van der Waals surface area contributed by atoms with E-state index in [0.717, 1.165) is 22.4 Å². The van der Waals surface area contributed by atoms with Gasteiger partial charge in [-0.05, 0) is 63.1 Å². The first kappa shape index (κ1) is 23.6. The molecule has 0 unspecified atom stereocenters. The van der Waals surface area contributed by atoms with Crippen LogP contribution in [-0.2, 0) is 12.5 Å². The lowest BCUT2D eigenvalue weighted by atomic mass is 9.86. The third kappa shape index (κ3) is 5.05. The average Bonchev–Trinajstić information content (AvgIpc) is 3.12. The molecule has 0 aliphatic heterocycles. The third-order valence-electron chi connectivity index (χ3n) is 5.70. The van der Waals surface area contributed by atoms with Crippen LogP contribution < -0.4 is 21.9 Å². The highest BCUT2D eigenvalue weighted by Crippen LogP contribution is 2.26. The highest BCUT2D eigenvalue weighted by molar-refractivity contribution is 6.05. The molecule has 1 heterocycles. The number of benzene rings is 2. The van der Waals surface area contributed by atoms with Gasteiger partial charge in [0.2, 0.25) is 0 Å². The zero-order valence-corrected chi connectivity index (χ0v) is 19.5. The Morgan fingerprint density at radius 2 is 1.97 bits per heavy atom. The van der Waals surface area contributed by atoms with Gasteiger partial charge in [0.05, 0.1) is 29.1 Å². The van der Waals surface area contributed by atoms with E-state index in [9.17, 15) is 10.1 Å². The molecule has 0 saturated heterocycles. The van der Waals surface area contributed by atoms with Crippen molar-refractivity contribution >= 4 is 23.0 Å². The Morgan fingerprint density at radius 1 is 1.24 bits per heavy atom. The summed E-state index contributed by atoms with van der Waals surface area (Å²) in [5.41, 5.74) is 11.2. The average molecular weight is 444 g/mol. The number of aryl methyl sites for hydroxylation is 2. The fraction of sp³-hybridized carbons (Fsp3) is 0.240. The molecule has 170 valence electrons. The summed E-state index contributed by atoms with van der Waals surface area (Å²) >= 11 is 0. The van der Waals surface area contributed by atoms with Crippen LogP contribution in [0.4, 0.5) is 11.4 Å². The smallest absolute Gasteiger partial charge is 0.255 e. The molecule has 0 aliphatic rings. The van der Waals surface area contributed by atoms with Crippen LogP contribution in [-0.4, -0.2) is 15.7 Å². The summed E-state index contributed by atoms with van der Waals surface area (Å²) in [7, 11) is 1.84. The number of anilines is 2. The predicted molar refractivity (Wildman–Crippen MR) is 131 cm³/mol. The molecule has 1 amide bonds. The number of nitrogens with one attached hydrogen (secondary N) is 1. The Morgan fingerprint density at radius 3 is 2.61 bits per heavy atom. The molecule has 0 bridgehead atoms. The van der Waals surface area contributed by atoms with Crippen LogP contribution in [0.2, 0.25) is 0 Å². The molecule has 1 aromatic heterocycles. The van der Waals surface area contributed by atoms with Crippen LogP contribution in [0.15, 0.2) is 54.9 Å². The topological polar surface area (TPSA) is 126 Å². The van der Waals surface area contributed by atoms with E-state index in [1.54, 1.807) is 35.3 Å². The lowest BCUT2D eigenvalue weighted by Crippen LogP contribution is -2.27. The number of nitrogens with two attached hydrogens (primary N) is 2. The fourth-order valence-corrected chi connectivity index (χ4v) is 3.35. The molecule has 0 radical (unpaired) electrons. The maximum absolute atomic E-state index is 12.9. The molecule has 0 fully saturated rings. The largest absolute Gasteiger partial charge is 0.397 e. The maximum atomic E-state index is 12.9. The Hall–Kier alpha value is -4.09. The lowest BCUT2D eigenvalue weighted by molar-refractivity contribution is 0.102. The zero-order chi connectivity index (χ0) is 24.3. The van der Waals surface area contributed by atoms with Crippen molar-refractivity contribution in [3.8, 4) is 6.07 Å². The Bertz CT molecular complexity index is 1260. The maximum Gasteiger partial charge on any atom is 0.255 e. The molecular formula is C25H29N7O. The van der Waals surface area contributed by atoms with Gasteiger partial charge in [0.1, 0.15) is 0 Å². The van der Waals surface area contributed by atoms with E-state index in [4.69, 9.17) is 11.6 Å². The SMILES string of the molecule is Cc1ccc(C(=O)Nc2cccc(C(C)(C)C#N)c2)cc1N(N)/C=C(\N)c1cnn(C)c1C. The van der Waals surface area contributed by atoms with Crippen molar-refractivity contribution in [2.24, 2.45) is 18.6 Å². The van der Waals surface area contributed by atoms with E-state index in [1.165, 1.54) is 5.01 Å². The van der Waals surface area contributed by atoms with Crippen molar-refractivity contribution in [2.45, 2.75) is 33.1 Å². The van der Waals surface area contributed by atoms with Gasteiger partial charge in [-0.3, -0.25) is 14.5 Å². The molecule has 3 rings (SSSR count). The molecular weight excluding hydrogens is 414 g/mol. The standard InChI is InChI=1S/C25H29N7O/c1-16-9-10-18(24(33)30-20-8-6-7-19(12-20)25(3,4)15-26)11-23(16)32(28)14-22(27)21-13-29-31(5)17(21)2/h6-14H,27-28H2,1-5H3,(H,30,33)/b22-14-. The highest BCUT2D eigenvalue weighted by Gasteiger charge is 2.20. The van der Waals surface area contributed by atoms with E-state index in [2.05, 4.69) is 16.5 Å². The molecule has 0 aliphatic carbocycles. The summed E-state index contributed by atoms with van der Waals surface area (Å²) in [5.74, 6) is 6.00. The molecule has 5 N–H and O–H groups in total. The molecule has 33 heavy (non-hydrogen) atoms. The molecule has 0 spiro atoms. The molecule has 0 saturated carbocycles. The van der Waals surface area contributed by atoms with E-state index in [-0.39, 0.29) is 5.91 Å². The minimum atomic E-state index is -0.656. The fourth-order valence-electron chi connectivity index (χ4n) is 3.35. The van der Waals surface area contributed by atoms with Gasteiger partial charge in [-0.1, -0.05) is 18.2 Å². The Labute approximate surface area is 194 Å². The number of carbonyl (C=O) groups is 1. The predicted octanol–water partition coefficient (Wildman–Crippen LogP) is 3.73. The van der Waals surface area contributed by atoms with E-state index >= 15 is 0 Å². The van der Waals surface area contributed by atoms with Crippen LogP contribution >= 0.6 is 0 Å². The number of amides is 1.